The first kappa shape index (κ1) is 16.5. The van der Waals surface area contributed by atoms with Gasteiger partial charge in [-0.3, -0.25) is 4.79 Å². The Balaban J connectivity index is 1.94. The number of carbonyl (C=O) groups is 1. The molecule has 0 spiro atoms. The minimum atomic E-state index is -0.132. The third-order valence-electron chi connectivity index (χ3n) is 3.18. The number of hydrogen-bond acceptors (Lipinski definition) is 5. The van der Waals surface area contributed by atoms with Gasteiger partial charge in [-0.1, -0.05) is 0 Å². The van der Waals surface area contributed by atoms with Gasteiger partial charge in [0.15, 0.2) is 0 Å². The van der Waals surface area contributed by atoms with E-state index in [4.69, 9.17) is 4.74 Å². The van der Waals surface area contributed by atoms with Crippen molar-refractivity contribution in [2.45, 2.75) is 13.5 Å². The molecule has 2 aromatic heterocycles. The maximum absolute atomic E-state index is 11.9. The predicted octanol–water partition coefficient (Wildman–Crippen LogP) is 2.46. The van der Waals surface area contributed by atoms with Gasteiger partial charge in [-0.2, -0.15) is 0 Å². The minimum Gasteiger partial charge on any atom is -0.383 e. The van der Waals surface area contributed by atoms with Crippen molar-refractivity contribution in [1.29, 1.82) is 0 Å². The Labute approximate surface area is 134 Å². The van der Waals surface area contributed by atoms with Crippen molar-refractivity contribution >= 4 is 23.1 Å². The molecular weight excluding hydrogens is 298 g/mol. The third-order valence-corrected chi connectivity index (χ3v) is 4.17. The monoisotopic (exact) mass is 319 g/mol. The molecule has 2 rings (SSSR count). The molecule has 1 amide bonds. The molecule has 0 saturated carbocycles. The van der Waals surface area contributed by atoms with Gasteiger partial charge in [0.2, 0.25) is 0 Å². The Morgan fingerprint density at radius 3 is 2.77 bits per heavy atom. The molecule has 0 aliphatic heterocycles. The lowest BCUT2D eigenvalue weighted by Crippen LogP contribution is -2.27. The lowest BCUT2D eigenvalue weighted by atomic mass is 10.2. The van der Waals surface area contributed by atoms with Gasteiger partial charge in [-0.15, -0.1) is 11.3 Å². The van der Waals surface area contributed by atoms with E-state index in [2.05, 4.69) is 34.3 Å². The van der Waals surface area contributed by atoms with E-state index >= 15 is 0 Å². The summed E-state index contributed by atoms with van der Waals surface area (Å²) in [6.45, 7) is 3.91. The van der Waals surface area contributed by atoms with Gasteiger partial charge in [0.05, 0.1) is 18.7 Å². The zero-order valence-corrected chi connectivity index (χ0v) is 13.9. The molecule has 0 radical (unpaired) electrons. The van der Waals surface area contributed by atoms with E-state index in [0.717, 1.165) is 12.4 Å². The average molecular weight is 319 g/mol. The summed E-state index contributed by atoms with van der Waals surface area (Å²) >= 11 is 1.78. The molecule has 22 heavy (non-hydrogen) atoms. The number of thiophene rings is 1. The van der Waals surface area contributed by atoms with Crippen LogP contribution in [0, 0.1) is 6.92 Å². The summed E-state index contributed by atoms with van der Waals surface area (Å²) in [6.07, 6.45) is 1.60. The van der Waals surface area contributed by atoms with Gasteiger partial charge in [-0.05, 0) is 31.2 Å². The second-order valence-corrected chi connectivity index (χ2v) is 6.39. The highest BCUT2D eigenvalue weighted by atomic mass is 32.1. The van der Waals surface area contributed by atoms with Crippen molar-refractivity contribution in [2.75, 3.05) is 32.2 Å². The zero-order valence-electron chi connectivity index (χ0n) is 13.1. The Hall–Kier alpha value is -1.92. The summed E-state index contributed by atoms with van der Waals surface area (Å²) in [5.74, 6) is 0.715. The van der Waals surface area contributed by atoms with Crippen molar-refractivity contribution in [3.63, 3.8) is 0 Å². The molecule has 0 unspecified atom stereocenters. The highest BCUT2D eigenvalue weighted by Gasteiger charge is 2.08. The minimum absolute atomic E-state index is 0.132. The van der Waals surface area contributed by atoms with E-state index in [-0.39, 0.29) is 5.91 Å². The lowest BCUT2D eigenvalue weighted by Gasteiger charge is -2.17. The van der Waals surface area contributed by atoms with Crippen LogP contribution in [0.5, 0.6) is 0 Å². The molecule has 2 aromatic rings. The smallest absolute Gasteiger partial charge is 0.252 e. The van der Waals surface area contributed by atoms with E-state index in [1.807, 2.05) is 13.1 Å². The van der Waals surface area contributed by atoms with Crippen LogP contribution in [0.2, 0.25) is 0 Å². The van der Waals surface area contributed by atoms with Gasteiger partial charge in [-0.25, -0.2) is 4.98 Å². The molecule has 118 valence electrons. The predicted molar refractivity (Wildman–Crippen MR) is 89.6 cm³/mol. The van der Waals surface area contributed by atoms with Crippen molar-refractivity contribution in [3.8, 4) is 0 Å². The molecule has 2 heterocycles. The molecule has 5 nitrogen and oxygen atoms in total. The fraction of sp³-hybridized carbons (Fsp3) is 0.375. The quantitative estimate of drug-likeness (QED) is 0.797. The van der Waals surface area contributed by atoms with E-state index in [9.17, 15) is 4.79 Å². The Morgan fingerprint density at radius 2 is 2.18 bits per heavy atom. The highest BCUT2D eigenvalue weighted by molar-refractivity contribution is 7.11. The van der Waals surface area contributed by atoms with Gasteiger partial charge in [0.25, 0.3) is 5.91 Å². The van der Waals surface area contributed by atoms with Crippen LogP contribution in [0.4, 0.5) is 5.82 Å². The summed E-state index contributed by atoms with van der Waals surface area (Å²) in [6, 6.07) is 7.91. The maximum Gasteiger partial charge on any atom is 0.252 e. The van der Waals surface area contributed by atoms with Gasteiger partial charge in [0, 0.05) is 36.7 Å². The number of rotatable bonds is 7. The number of methoxy groups -OCH3 is 1. The molecule has 0 fully saturated rings. The number of ether oxygens (including phenoxy) is 1. The number of amides is 1. The second-order valence-electron chi connectivity index (χ2n) is 5.02. The number of carbonyl (C=O) groups excluding carboxylic acids is 1. The first-order valence-corrected chi connectivity index (χ1v) is 7.91. The van der Waals surface area contributed by atoms with Crippen molar-refractivity contribution < 1.29 is 9.53 Å². The van der Waals surface area contributed by atoms with Crippen molar-refractivity contribution in [2.24, 2.45) is 0 Å². The summed E-state index contributed by atoms with van der Waals surface area (Å²) in [5, 5.41) is 2.78. The number of nitrogens with one attached hydrogen (secondary N) is 1. The van der Waals surface area contributed by atoms with Crippen LogP contribution in [0.1, 0.15) is 20.1 Å². The van der Waals surface area contributed by atoms with Crippen LogP contribution >= 0.6 is 11.3 Å². The Kier molecular flexibility index (Phi) is 5.91. The average Bonchev–Trinajstić information content (AvgIpc) is 2.92. The standard InChI is InChI=1S/C16H21N3O2S/c1-12-4-6-14(22-12)11-19(2)15-7-5-13(10-18-15)16(20)17-8-9-21-3/h4-7,10H,8-9,11H2,1-3H3,(H,17,20). The molecule has 0 aliphatic carbocycles. The van der Waals surface area contributed by atoms with Crippen LogP contribution in [0.3, 0.4) is 0 Å². The fourth-order valence-corrected chi connectivity index (χ4v) is 2.94. The first-order valence-electron chi connectivity index (χ1n) is 7.10. The van der Waals surface area contributed by atoms with Crippen LogP contribution < -0.4 is 10.2 Å². The molecule has 1 N–H and O–H groups in total. The van der Waals surface area contributed by atoms with Crippen LogP contribution in [-0.4, -0.2) is 38.2 Å². The third kappa shape index (κ3) is 4.54. The fourth-order valence-electron chi connectivity index (χ4n) is 2.00. The van der Waals surface area contributed by atoms with Crippen molar-refractivity contribution in [3.05, 3.63) is 45.8 Å². The van der Waals surface area contributed by atoms with Crippen LogP contribution in [0.25, 0.3) is 0 Å². The Bertz CT molecular complexity index is 610. The summed E-state index contributed by atoms with van der Waals surface area (Å²) in [7, 11) is 3.60. The molecule has 0 bridgehead atoms. The van der Waals surface area contributed by atoms with Crippen molar-refractivity contribution in [1.82, 2.24) is 10.3 Å². The van der Waals surface area contributed by atoms with E-state index in [0.29, 0.717) is 18.7 Å². The van der Waals surface area contributed by atoms with Gasteiger partial charge >= 0.3 is 0 Å². The second kappa shape index (κ2) is 7.91. The summed E-state index contributed by atoms with van der Waals surface area (Å²) < 4.78 is 4.90. The number of aromatic nitrogens is 1. The van der Waals surface area contributed by atoms with Gasteiger partial charge < -0.3 is 15.0 Å². The van der Waals surface area contributed by atoms with E-state index in [1.165, 1.54) is 9.75 Å². The zero-order chi connectivity index (χ0) is 15.9. The number of hydrogen-bond donors (Lipinski definition) is 1. The van der Waals surface area contributed by atoms with E-state index < -0.39 is 0 Å². The molecule has 0 atom stereocenters. The molecule has 0 aromatic carbocycles. The largest absolute Gasteiger partial charge is 0.383 e. The highest BCUT2D eigenvalue weighted by Crippen LogP contribution is 2.19. The maximum atomic E-state index is 11.9. The first-order chi connectivity index (χ1) is 10.6. The lowest BCUT2D eigenvalue weighted by molar-refractivity contribution is 0.0937. The molecular formula is C16H21N3O2S. The number of anilines is 1. The topological polar surface area (TPSA) is 54.5 Å². The van der Waals surface area contributed by atoms with Crippen LogP contribution in [0.15, 0.2) is 30.5 Å². The van der Waals surface area contributed by atoms with E-state index in [1.54, 1.807) is 30.7 Å². The summed E-state index contributed by atoms with van der Waals surface area (Å²) in [5.41, 5.74) is 0.556. The SMILES string of the molecule is COCCNC(=O)c1ccc(N(C)Cc2ccc(C)s2)nc1. The number of pyridine rings is 1. The summed E-state index contributed by atoms with van der Waals surface area (Å²) in [4.78, 5) is 20.9. The van der Waals surface area contributed by atoms with Crippen LogP contribution in [-0.2, 0) is 11.3 Å². The Morgan fingerprint density at radius 1 is 1.36 bits per heavy atom. The number of nitrogens with zero attached hydrogens (tertiary/aromatic N) is 2. The molecule has 0 aliphatic rings. The number of aryl methyl sites for hydroxylation is 1. The molecule has 0 saturated heterocycles. The van der Waals surface area contributed by atoms with Gasteiger partial charge in [0.1, 0.15) is 5.82 Å². The normalized spacial score (nSPS) is 10.5. The molecule has 6 heteroatoms.